The van der Waals surface area contributed by atoms with Gasteiger partial charge in [0.2, 0.25) is 10.0 Å². The van der Waals surface area contributed by atoms with Gasteiger partial charge < -0.3 is 15.4 Å². The number of nitrogens with zero attached hydrogens (tertiary/aromatic N) is 2. The van der Waals surface area contributed by atoms with Crippen LogP contribution in [-0.2, 0) is 16.6 Å². The van der Waals surface area contributed by atoms with Gasteiger partial charge >= 0.3 is 0 Å². The monoisotopic (exact) mass is 570 g/mol. The maximum atomic E-state index is 12.4. The molecular formula is C20H35IN4O3S2. The number of rotatable bonds is 9. The number of ether oxygens (including phenoxy) is 1. The predicted molar refractivity (Wildman–Crippen MR) is 138 cm³/mol. The largest absolute Gasteiger partial charge is 0.490 e. The standard InChI is InChI=1S/C20H34N4O3S2.HI/c1-5-17(3)27-19-14-16(2)6-7-18(19)15-23-20(21-4)22-8-13-29(25,26)24-9-11-28-12-10-24;/h6-7,14,17H,5,8-13,15H2,1-4H3,(H2,21,22,23);1H. The number of hydrogen-bond acceptors (Lipinski definition) is 5. The van der Waals surface area contributed by atoms with E-state index in [1.807, 2.05) is 19.1 Å². The van der Waals surface area contributed by atoms with Crippen molar-refractivity contribution < 1.29 is 13.2 Å². The first-order chi connectivity index (χ1) is 13.9. The summed E-state index contributed by atoms with van der Waals surface area (Å²) in [7, 11) is -1.55. The first-order valence-corrected chi connectivity index (χ1v) is 12.9. The molecule has 0 amide bonds. The molecule has 10 heteroatoms. The zero-order valence-electron chi connectivity index (χ0n) is 18.3. The number of guanidine groups is 1. The summed E-state index contributed by atoms with van der Waals surface area (Å²) in [6.07, 6.45) is 1.08. The Morgan fingerprint density at radius 2 is 2.00 bits per heavy atom. The molecule has 2 rings (SSSR count). The van der Waals surface area contributed by atoms with Gasteiger partial charge in [-0.25, -0.2) is 12.7 Å². The Morgan fingerprint density at radius 1 is 1.30 bits per heavy atom. The second-order valence-corrected chi connectivity index (χ2v) is 10.4. The van der Waals surface area contributed by atoms with Crippen LogP contribution in [0, 0.1) is 6.92 Å². The van der Waals surface area contributed by atoms with Gasteiger partial charge in [-0.1, -0.05) is 19.1 Å². The maximum absolute atomic E-state index is 12.4. The SMILES string of the molecule is CCC(C)Oc1cc(C)ccc1CNC(=NC)NCCS(=O)(=O)N1CCSCC1.I. The molecule has 30 heavy (non-hydrogen) atoms. The highest BCUT2D eigenvalue weighted by atomic mass is 127. The number of sulfonamides is 1. The summed E-state index contributed by atoms with van der Waals surface area (Å²) in [5.74, 6) is 3.24. The van der Waals surface area contributed by atoms with E-state index >= 15 is 0 Å². The topological polar surface area (TPSA) is 83.0 Å². The van der Waals surface area contributed by atoms with E-state index in [-0.39, 0.29) is 35.8 Å². The molecule has 0 saturated carbocycles. The van der Waals surface area contributed by atoms with Gasteiger partial charge in [0.1, 0.15) is 5.75 Å². The lowest BCUT2D eigenvalue weighted by molar-refractivity contribution is 0.215. The molecule has 172 valence electrons. The number of nitrogens with one attached hydrogen (secondary N) is 2. The molecule has 1 atom stereocenters. The summed E-state index contributed by atoms with van der Waals surface area (Å²) in [6, 6.07) is 6.15. The highest BCUT2D eigenvalue weighted by Gasteiger charge is 2.23. The molecule has 7 nitrogen and oxygen atoms in total. The summed E-state index contributed by atoms with van der Waals surface area (Å²) in [5, 5.41) is 6.35. The molecule has 1 unspecified atom stereocenters. The number of benzene rings is 1. The minimum absolute atomic E-state index is 0. The minimum Gasteiger partial charge on any atom is -0.490 e. The second-order valence-electron chi connectivity index (χ2n) is 7.13. The highest BCUT2D eigenvalue weighted by molar-refractivity contribution is 14.0. The molecule has 0 radical (unpaired) electrons. The molecule has 1 heterocycles. The molecule has 0 aliphatic carbocycles. The van der Waals surface area contributed by atoms with Crippen molar-refractivity contribution in [3.8, 4) is 5.75 Å². The third-order valence-electron chi connectivity index (χ3n) is 4.81. The Bertz CT molecular complexity index is 784. The van der Waals surface area contributed by atoms with Crippen molar-refractivity contribution in [1.82, 2.24) is 14.9 Å². The first-order valence-electron chi connectivity index (χ1n) is 10.1. The first kappa shape index (κ1) is 27.3. The normalized spacial score (nSPS) is 16.5. The van der Waals surface area contributed by atoms with E-state index in [2.05, 4.69) is 35.5 Å². The quantitative estimate of drug-likeness (QED) is 0.270. The van der Waals surface area contributed by atoms with Crippen LogP contribution in [0.4, 0.5) is 0 Å². The smallest absolute Gasteiger partial charge is 0.215 e. The van der Waals surface area contributed by atoms with Crippen molar-refractivity contribution in [2.24, 2.45) is 4.99 Å². The van der Waals surface area contributed by atoms with Crippen LogP contribution in [0.1, 0.15) is 31.4 Å². The van der Waals surface area contributed by atoms with E-state index in [1.165, 1.54) is 0 Å². The van der Waals surface area contributed by atoms with E-state index in [9.17, 15) is 8.42 Å². The molecular weight excluding hydrogens is 535 g/mol. The molecule has 0 spiro atoms. The van der Waals surface area contributed by atoms with Gasteiger partial charge in [-0.2, -0.15) is 11.8 Å². The van der Waals surface area contributed by atoms with Crippen molar-refractivity contribution in [3.63, 3.8) is 0 Å². The fourth-order valence-electron chi connectivity index (χ4n) is 2.87. The van der Waals surface area contributed by atoms with Gasteiger partial charge in [0, 0.05) is 50.3 Å². The van der Waals surface area contributed by atoms with E-state index < -0.39 is 10.0 Å². The van der Waals surface area contributed by atoms with Crippen LogP contribution in [0.15, 0.2) is 23.2 Å². The summed E-state index contributed by atoms with van der Waals surface area (Å²) >= 11 is 1.80. The lowest BCUT2D eigenvalue weighted by Gasteiger charge is -2.25. The molecule has 1 aromatic carbocycles. The summed E-state index contributed by atoms with van der Waals surface area (Å²) in [6.45, 7) is 8.27. The van der Waals surface area contributed by atoms with E-state index in [0.29, 0.717) is 32.1 Å². The van der Waals surface area contributed by atoms with Gasteiger partial charge in [0.05, 0.1) is 11.9 Å². The average Bonchev–Trinajstić information content (AvgIpc) is 2.72. The van der Waals surface area contributed by atoms with E-state index in [1.54, 1.807) is 23.1 Å². The molecule has 1 aliphatic heterocycles. The Balaban J connectivity index is 0.00000450. The Morgan fingerprint density at radius 3 is 2.63 bits per heavy atom. The van der Waals surface area contributed by atoms with Crippen molar-refractivity contribution in [1.29, 1.82) is 0 Å². The van der Waals surface area contributed by atoms with Crippen LogP contribution in [0.3, 0.4) is 0 Å². The van der Waals surface area contributed by atoms with Crippen LogP contribution in [-0.4, -0.2) is 68.7 Å². The van der Waals surface area contributed by atoms with Crippen LogP contribution in [0.5, 0.6) is 5.75 Å². The lowest BCUT2D eigenvalue weighted by Crippen LogP contribution is -2.44. The zero-order chi connectivity index (χ0) is 21.3. The van der Waals surface area contributed by atoms with E-state index in [0.717, 1.165) is 34.8 Å². The fraction of sp³-hybridized carbons (Fsp3) is 0.650. The molecule has 0 bridgehead atoms. The number of halogens is 1. The predicted octanol–water partition coefficient (Wildman–Crippen LogP) is 2.83. The van der Waals surface area contributed by atoms with Crippen LogP contribution in [0.25, 0.3) is 0 Å². The van der Waals surface area contributed by atoms with Crippen LogP contribution >= 0.6 is 35.7 Å². The molecule has 1 aromatic rings. The second kappa shape index (κ2) is 13.6. The van der Waals surface area contributed by atoms with Gasteiger partial charge in [0.25, 0.3) is 0 Å². The zero-order valence-corrected chi connectivity index (χ0v) is 22.3. The molecule has 2 N–H and O–H groups in total. The fourth-order valence-corrected chi connectivity index (χ4v) is 5.36. The molecule has 0 aromatic heterocycles. The van der Waals surface area contributed by atoms with E-state index in [4.69, 9.17) is 4.74 Å². The van der Waals surface area contributed by atoms with Gasteiger partial charge in [0.15, 0.2) is 5.96 Å². The van der Waals surface area contributed by atoms with Crippen molar-refractivity contribution in [3.05, 3.63) is 29.3 Å². The maximum Gasteiger partial charge on any atom is 0.215 e. The number of aliphatic imine (C=N–C) groups is 1. The molecule has 1 aliphatic rings. The Kier molecular flexibility index (Phi) is 12.4. The van der Waals surface area contributed by atoms with Crippen LogP contribution in [0.2, 0.25) is 0 Å². The Labute approximate surface area is 202 Å². The van der Waals surface area contributed by atoms with Gasteiger partial charge in [-0.3, -0.25) is 4.99 Å². The van der Waals surface area contributed by atoms with Gasteiger partial charge in [-0.05, 0) is 31.9 Å². The highest BCUT2D eigenvalue weighted by Crippen LogP contribution is 2.22. The number of aryl methyl sites for hydroxylation is 1. The van der Waals surface area contributed by atoms with Crippen molar-refractivity contribution in [2.75, 3.05) is 43.9 Å². The van der Waals surface area contributed by atoms with Crippen molar-refractivity contribution >= 4 is 51.7 Å². The lowest BCUT2D eigenvalue weighted by atomic mass is 10.1. The van der Waals surface area contributed by atoms with Gasteiger partial charge in [-0.15, -0.1) is 24.0 Å². The summed E-state index contributed by atoms with van der Waals surface area (Å²) < 4.78 is 32.5. The van der Waals surface area contributed by atoms with Crippen molar-refractivity contribution in [2.45, 2.75) is 39.8 Å². The molecule has 1 fully saturated rings. The molecule has 1 saturated heterocycles. The minimum atomic E-state index is -3.23. The number of hydrogen-bond donors (Lipinski definition) is 2. The number of thioether (sulfide) groups is 1. The summed E-state index contributed by atoms with van der Waals surface area (Å²) in [4.78, 5) is 4.20. The van der Waals surface area contributed by atoms with Crippen LogP contribution < -0.4 is 15.4 Å². The summed E-state index contributed by atoms with van der Waals surface area (Å²) in [5.41, 5.74) is 2.19. The third kappa shape index (κ3) is 8.80. The average molecular weight is 571 g/mol. The third-order valence-corrected chi connectivity index (χ3v) is 7.63. The Hall–Kier alpha value is -0.720.